The molecule has 0 unspecified atom stereocenters. The number of nitrogens with one attached hydrogen (secondary N) is 2. The minimum atomic E-state index is -0.305. The second-order valence-electron chi connectivity index (χ2n) is 8.37. The van der Waals surface area contributed by atoms with E-state index < -0.39 is 0 Å². The molecule has 7 nitrogen and oxygen atoms in total. The number of benzene rings is 2. The van der Waals surface area contributed by atoms with E-state index in [0.717, 1.165) is 40.1 Å². The van der Waals surface area contributed by atoms with Crippen LogP contribution >= 0.6 is 15.9 Å². The summed E-state index contributed by atoms with van der Waals surface area (Å²) in [5, 5.41) is 5.73. The van der Waals surface area contributed by atoms with Crippen LogP contribution in [0, 0.1) is 13.8 Å². The molecule has 0 radical (unpaired) electrons. The zero-order valence-electron chi connectivity index (χ0n) is 19.3. The van der Waals surface area contributed by atoms with E-state index in [-0.39, 0.29) is 11.9 Å². The third-order valence-electron chi connectivity index (χ3n) is 6.06. The van der Waals surface area contributed by atoms with E-state index in [4.69, 9.17) is 0 Å². The first-order valence-corrected chi connectivity index (χ1v) is 12.1. The van der Waals surface area contributed by atoms with Gasteiger partial charge >= 0.3 is 6.03 Å². The molecule has 0 atom stereocenters. The number of hydrogen-bond donors (Lipinski definition) is 2. The summed E-state index contributed by atoms with van der Waals surface area (Å²) in [6, 6.07) is 16.7. The molecule has 2 aromatic carbocycles. The van der Waals surface area contributed by atoms with Crippen LogP contribution in [-0.2, 0) is 0 Å². The average Bonchev–Trinajstić information content (AvgIpc) is 3.09. The van der Waals surface area contributed by atoms with Crippen molar-refractivity contribution in [2.75, 3.05) is 41.7 Å². The minimum absolute atomic E-state index is 0.0525. The lowest BCUT2D eigenvalue weighted by molar-refractivity contribution is 0.0767. The molecule has 0 aliphatic carbocycles. The SMILES string of the molecule is Cc1cccc(NC(=O)Nc2ccc(N3CCCN(C(=O)c4ccc(Br)cc4)CC3)nc2)c1C. The van der Waals surface area contributed by atoms with Crippen molar-refractivity contribution in [3.05, 3.63) is 82.0 Å². The van der Waals surface area contributed by atoms with Crippen LogP contribution in [0.4, 0.5) is 22.0 Å². The summed E-state index contributed by atoms with van der Waals surface area (Å²) in [6.45, 7) is 6.86. The van der Waals surface area contributed by atoms with Gasteiger partial charge in [0.15, 0.2) is 0 Å². The lowest BCUT2D eigenvalue weighted by Gasteiger charge is -2.23. The van der Waals surface area contributed by atoms with Crippen LogP contribution in [0.5, 0.6) is 0 Å². The molecule has 4 rings (SSSR count). The van der Waals surface area contributed by atoms with Crippen LogP contribution in [0.3, 0.4) is 0 Å². The van der Waals surface area contributed by atoms with Crippen molar-refractivity contribution in [3.8, 4) is 0 Å². The zero-order chi connectivity index (χ0) is 24.1. The van der Waals surface area contributed by atoms with Gasteiger partial charge in [0.2, 0.25) is 0 Å². The predicted octanol–water partition coefficient (Wildman–Crippen LogP) is 5.46. The summed E-state index contributed by atoms with van der Waals surface area (Å²) < 4.78 is 0.956. The fourth-order valence-electron chi connectivity index (χ4n) is 3.94. The van der Waals surface area contributed by atoms with Gasteiger partial charge in [-0.2, -0.15) is 0 Å². The van der Waals surface area contributed by atoms with Crippen molar-refractivity contribution >= 4 is 45.1 Å². The van der Waals surface area contributed by atoms with Crippen LogP contribution in [0.15, 0.2) is 65.3 Å². The van der Waals surface area contributed by atoms with Crippen LogP contribution in [-0.4, -0.2) is 48.0 Å². The molecule has 1 aromatic heterocycles. The molecule has 0 bridgehead atoms. The first kappa shape index (κ1) is 23.8. The molecule has 1 aliphatic heterocycles. The molecule has 0 spiro atoms. The molecule has 3 aromatic rings. The Bertz CT molecular complexity index is 1160. The number of nitrogens with zero attached hydrogens (tertiary/aromatic N) is 3. The number of rotatable bonds is 4. The van der Waals surface area contributed by atoms with Crippen molar-refractivity contribution in [2.24, 2.45) is 0 Å². The number of anilines is 3. The monoisotopic (exact) mass is 521 g/mol. The Morgan fingerprint density at radius 3 is 2.44 bits per heavy atom. The number of hydrogen-bond acceptors (Lipinski definition) is 4. The van der Waals surface area contributed by atoms with Gasteiger partial charge in [-0.1, -0.05) is 28.1 Å². The van der Waals surface area contributed by atoms with E-state index in [1.54, 1.807) is 6.20 Å². The van der Waals surface area contributed by atoms with E-state index in [0.29, 0.717) is 30.9 Å². The van der Waals surface area contributed by atoms with E-state index >= 15 is 0 Å². The average molecular weight is 522 g/mol. The Morgan fingerprint density at radius 2 is 1.71 bits per heavy atom. The number of aryl methyl sites for hydroxylation is 1. The zero-order valence-corrected chi connectivity index (χ0v) is 20.9. The van der Waals surface area contributed by atoms with Gasteiger partial charge < -0.3 is 20.4 Å². The number of urea groups is 1. The number of pyridine rings is 1. The highest BCUT2D eigenvalue weighted by molar-refractivity contribution is 9.10. The molecule has 1 saturated heterocycles. The predicted molar refractivity (Wildman–Crippen MR) is 140 cm³/mol. The van der Waals surface area contributed by atoms with Crippen LogP contribution in [0.2, 0.25) is 0 Å². The summed E-state index contributed by atoms with van der Waals surface area (Å²) in [5.74, 6) is 0.884. The Kier molecular flexibility index (Phi) is 7.47. The Hall–Kier alpha value is -3.39. The number of carbonyl (C=O) groups is 2. The van der Waals surface area contributed by atoms with E-state index in [1.807, 2.05) is 73.3 Å². The summed E-state index contributed by atoms with van der Waals surface area (Å²) in [7, 11) is 0. The normalized spacial score (nSPS) is 13.9. The lowest BCUT2D eigenvalue weighted by atomic mass is 10.1. The van der Waals surface area contributed by atoms with Crippen molar-refractivity contribution in [2.45, 2.75) is 20.3 Å². The van der Waals surface area contributed by atoms with Gasteiger partial charge in [0.1, 0.15) is 5.82 Å². The summed E-state index contributed by atoms with van der Waals surface area (Å²) in [6.07, 6.45) is 2.52. The van der Waals surface area contributed by atoms with Crippen LogP contribution in [0.25, 0.3) is 0 Å². The fraction of sp³-hybridized carbons (Fsp3) is 0.269. The maximum Gasteiger partial charge on any atom is 0.323 e. The van der Waals surface area contributed by atoms with E-state index in [9.17, 15) is 9.59 Å². The fourth-order valence-corrected chi connectivity index (χ4v) is 4.21. The third kappa shape index (κ3) is 5.75. The topological polar surface area (TPSA) is 77.6 Å². The molecule has 34 heavy (non-hydrogen) atoms. The molecule has 1 fully saturated rings. The highest BCUT2D eigenvalue weighted by Gasteiger charge is 2.21. The second kappa shape index (κ2) is 10.7. The maximum absolute atomic E-state index is 12.9. The minimum Gasteiger partial charge on any atom is -0.355 e. The number of aromatic nitrogens is 1. The van der Waals surface area contributed by atoms with Gasteiger partial charge in [-0.15, -0.1) is 0 Å². The first-order valence-electron chi connectivity index (χ1n) is 11.3. The summed E-state index contributed by atoms with van der Waals surface area (Å²) >= 11 is 3.41. The quantitative estimate of drug-likeness (QED) is 0.477. The largest absolute Gasteiger partial charge is 0.355 e. The molecule has 176 valence electrons. The van der Waals surface area contributed by atoms with Gasteiger partial charge in [-0.3, -0.25) is 4.79 Å². The highest BCUT2D eigenvalue weighted by Crippen LogP contribution is 2.20. The molecule has 3 amide bonds. The van der Waals surface area contributed by atoms with E-state index in [1.165, 1.54) is 0 Å². The molecular weight excluding hydrogens is 494 g/mol. The number of amides is 3. The molecule has 8 heteroatoms. The van der Waals surface area contributed by atoms with Gasteiger partial charge in [-0.05, 0) is 73.9 Å². The Balaban J connectivity index is 1.33. The van der Waals surface area contributed by atoms with E-state index in [2.05, 4.69) is 36.4 Å². The number of carbonyl (C=O) groups excluding carboxylic acids is 2. The van der Waals surface area contributed by atoms with Crippen LogP contribution < -0.4 is 15.5 Å². The smallest absolute Gasteiger partial charge is 0.323 e. The van der Waals surface area contributed by atoms with Crippen molar-refractivity contribution < 1.29 is 9.59 Å². The van der Waals surface area contributed by atoms with Gasteiger partial charge in [-0.25, -0.2) is 9.78 Å². The van der Waals surface area contributed by atoms with Gasteiger partial charge in [0.05, 0.1) is 11.9 Å². The molecule has 0 saturated carbocycles. The van der Waals surface area contributed by atoms with Gasteiger partial charge in [0.25, 0.3) is 5.91 Å². The molecule has 2 N–H and O–H groups in total. The number of halogens is 1. The maximum atomic E-state index is 12.9. The summed E-state index contributed by atoms with van der Waals surface area (Å²) in [5.41, 5.74) is 4.27. The van der Waals surface area contributed by atoms with Crippen molar-refractivity contribution in [1.29, 1.82) is 0 Å². The molecule has 2 heterocycles. The highest BCUT2D eigenvalue weighted by atomic mass is 79.9. The van der Waals surface area contributed by atoms with Gasteiger partial charge in [0, 0.05) is 41.9 Å². The molecular formula is C26H28BrN5O2. The van der Waals surface area contributed by atoms with Crippen molar-refractivity contribution in [3.63, 3.8) is 0 Å². The standard InChI is InChI=1S/C26H28BrN5O2/c1-18-5-3-6-23(19(18)2)30-26(34)29-22-11-12-24(28-17-22)31-13-4-14-32(16-15-31)25(33)20-7-9-21(27)10-8-20/h3,5-12,17H,4,13-16H2,1-2H3,(H2,29,30,34). The van der Waals surface area contributed by atoms with Crippen LogP contribution in [0.1, 0.15) is 27.9 Å². The third-order valence-corrected chi connectivity index (χ3v) is 6.59. The lowest BCUT2D eigenvalue weighted by Crippen LogP contribution is -2.35. The second-order valence-corrected chi connectivity index (χ2v) is 9.29. The Labute approximate surface area is 208 Å². The first-order chi connectivity index (χ1) is 16.4. The summed E-state index contributed by atoms with van der Waals surface area (Å²) in [4.78, 5) is 33.9. The molecule has 1 aliphatic rings. The van der Waals surface area contributed by atoms with Crippen molar-refractivity contribution in [1.82, 2.24) is 9.88 Å². The Morgan fingerprint density at radius 1 is 0.912 bits per heavy atom.